The Kier molecular flexibility index (Phi) is 12.9. The fourth-order valence-electron chi connectivity index (χ4n) is 0.596. The first-order valence-corrected chi connectivity index (χ1v) is 7.36. The zero-order valence-electron chi connectivity index (χ0n) is 6.66. The predicted molar refractivity (Wildman–Crippen MR) is 66.7 cm³/mol. The van der Waals surface area contributed by atoms with E-state index in [0.717, 1.165) is 10.8 Å². The van der Waals surface area contributed by atoms with E-state index in [2.05, 4.69) is 25.3 Å². The highest BCUT2D eigenvalue weighted by Crippen LogP contribution is 2.09. The summed E-state index contributed by atoms with van der Waals surface area (Å²) in [6.45, 7) is 0. The van der Waals surface area contributed by atoms with Crippen LogP contribution in [0, 0.1) is 0 Å². The quantitative estimate of drug-likeness (QED) is 0.372. The lowest BCUT2D eigenvalue weighted by Gasteiger charge is -1.98. The molecule has 0 atom stereocenters. The molecule has 0 amide bonds. The Labute approximate surface area is 89.5 Å². The van der Waals surface area contributed by atoms with Crippen molar-refractivity contribution in [2.75, 3.05) is 28.1 Å². The van der Waals surface area contributed by atoms with Crippen LogP contribution in [0.3, 0.4) is 0 Å². The zero-order chi connectivity index (χ0) is 8.36. The lowest BCUT2D eigenvalue weighted by molar-refractivity contribution is 1.09. The molecule has 0 unspecified atom stereocenters. The van der Waals surface area contributed by atoms with Crippen LogP contribution in [0.4, 0.5) is 0 Å². The molecule has 0 aliphatic rings. The maximum Gasteiger partial charge on any atom is 0.0361 e. The third-order valence-electron chi connectivity index (χ3n) is 1.12. The number of rotatable bonds is 8. The summed E-state index contributed by atoms with van der Waals surface area (Å²) in [6.07, 6.45) is 2.57. The minimum Gasteiger partial charge on any atom is -0.179 e. The molecule has 0 N–H and O–H groups in total. The van der Waals surface area contributed by atoms with Gasteiger partial charge in [-0.05, 0) is 35.9 Å². The second-order valence-electron chi connectivity index (χ2n) is 2.08. The van der Waals surface area contributed by atoms with Gasteiger partial charge in [-0.3, -0.25) is 0 Å². The van der Waals surface area contributed by atoms with E-state index in [9.17, 15) is 0 Å². The molecular formula is C7H16S4. The van der Waals surface area contributed by atoms with E-state index >= 15 is 0 Å². The highest BCUT2D eigenvalue weighted by Gasteiger charge is 1.89. The molecule has 0 heterocycles. The molecule has 0 aromatic rings. The molecule has 0 bridgehead atoms. The summed E-state index contributed by atoms with van der Waals surface area (Å²) in [5.74, 6) is 4.86. The van der Waals surface area contributed by atoms with Crippen LogP contribution >= 0.6 is 48.8 Å². The monoisotopic (exact) mass is 228 g/mol. The fourth-order valence-corrected chi connectivity index (χ4v) is 2.92. The van der Waals surface area contributed by atoms with Gasteiger partial charge in [-0.15, -0.1) is 0 Å². The third-order valence-corrected chi connectivity index (χ3v) is 3.89. The molecule has 0 fully saturated rings. The van der Waals surface area contributed by atoms with Gasteiger partial charge in [-0.2, -0.15) is 48.8 Å². The molecule has 0 aromatic carbocycles. The van der Waals surface area contributed by atoms with Crippen molar-refractivity contribution in [3.63, 3.8) is 0 Å². The Bertz CT molecular complexity index is 59.5. The highest BCUT2D eigenvalue weighted by atomic mass is 32.2. The second kappa shape index (κ2) is 11.4. The topological polar surface area (TPSA) is 0 Å². The standard InChI is InChI=1S/C7H16S4/c8-3-1-4-10-5-2-6-11-7-9/h8-9H,1-7H2. The van der Waals surface area contributed by atoms with Gasteiger partial charge in [0.15, 0.2) is 0 Å². The third kappa shape index (κ3) is 11.4. The van der Waals surface area contributed by atoms with Crippen LogP contribution in [0.5, 0.6) is 0 Å². The summed E-state index contributed by atoms with van der Waals surface area (Å²) in [5.41, 5.74) is 0. The first kappa shape index (κ1) is 12.4. The Hall–Kier alpha value is 1.40. The minimum absolute atomic E-state index is 0.960. The lowest BCUT2D eigenvalue weighted by atomic mass is 10.6. The van der Waals surface area contributed by atoms with E-state index in [0.29, 0.717) is 0 Å². The smallest absolute Gasteiger partial charge is 0.0361 e. The summed E-state index contributed by atoms with van der Waals surface area (Å²) in [7, 11) is 0. The average Bonchev–Trinajstić information content (AvgIpc) is 2.03. The summed E-state index contributed by atoms with van der Waals surface area (Å²) in [4.78, 5) is 0. The largest absolute Gasteiger partial charge is 0.179 e. The van der Waals surface area contributed by atoms with Gasteiger partial charge in [-0.25, -0.2) is 0 Å². The second-order valence-corrected chi connectivity index (χ2v) is 5.60. The zero-order valence-corrected chi connectivity index (χ0v) is 10.1. The summed E-state index contributed by atoms with van der Waals surface area (Å²) in [6, 6.07) is 0. The van der Waals surface area contributed by atoms with E-state index in [-0.39, 0.29) is 0 Å². The van der Waals surface area contributed by atoms with Gasteiger partial charge in [0, 0.05) is 5.08 Å². The molecule has 0 nitrogen and oxygen atoms in total. The van der Waals surface area contributed by atoms with Crippen LogP contribution in [0.15, 0.2) is 0 Å². The molecule has 68 valence electrons. The van der Waals surface area contributed by atoms with Crippen molar-refractivity contribution in [2.45, 2.75) is 12.8 Å². The molecule has 11 heavy (non-hydrogen) atoms. The van der Waals surface area contributed by atoms with Crippen molar-refractivity contribution in [3.05, 3.63) is 0 Å². The van der Waals surface area contributed by atoms with Crippen molar-refractivity contribution >= 4 is 48.8 Å². The predicted octanol–water partition coefficient (Wildman–Crippen LogP) is 3.05. The number of thioether (sulfide) groups is 2. The van der Waals surface area contributed by atoms with E-state index in [1.54, 1.807) is 0 Å². The van der Waals surface area contributed by atoms with Gasteiger partial charge in [0.25, 0.3) is 0 Å². The van der Waals surface area contributed by atoms with Crippen LogP contribution in [0.1, 0.15) is 12.8 Å². The number of thiol groups is 2. The molecule has 0 aromatic heterocycles. The Morgan fingerprint density at radius 3 is 2.09 bits per heavy atom. The molecular weight excluding hydrogens is 212 g/mol. The minimum atomic E-state index is 0.960. The average molecular weight is 228 g/mol. The molecule has 0 saturated heterocycles. The molecule has 4 heteroatoms. The van der Waals surface area contributed by atoms with Crippen LogP contribution in [-0.2, 0) is 0 Å². The van der Waals surface area contributed by atoms with Crippen LogP contribution in [0.2, 0.25) is 0 Å². The Morgan fingerprint density at radius 1 is 0.818 bits per heavy atom. The summed E-state index contributed by atoms with van der Waals surface area (Å²) >= 11 is 12.2. The van der Waals surface area contributed by atoms with E-state index in [1.807, 2.05) is 23.5 Å². The maximum atomic E-state index is 4.15. The van der Waals surface area contributed by atoms with E-state index in [1.165, 1.54) is 30.1 Å². The highest BCUT2D eigenvalue weighted by molar-refractivity contribution is 8.09. The lowest BCUT2D eigenvalue weighted by Crippen LogP contribution is -1.87. The first-order valence-electron chi connectivity index (χ1n) is 3.79. The normalized spacial score (nSPS) is 10.4. The molecule has 0 spiro atoms. The van der Waals surface area contributed by atoms with Gasteiger partial charge in [0.2, 0.25) is 0 Å². The summed E-state index contributed by atoms with van der Waals surface area (Å²) < 4.78 is 0. The van der Waals surface area contributed by atoms with Gasteiger partial charge in [0.1, 0.15) is 0 Å². The van der Waals surface area contributed by atoms with Gasteiger partial charge in [0.05, 0.1) is 0 Å². The van der Waals surface area contributed by atoms with Crippen molar-refractivity contribution in [1.29, 1.82) is 0 Å². The van der Waals surface area contributed by atoms with E-state index in [4.69, 9.17) is 0 Å². The Morgan fingerprint density at radius 2 is 1.45 bits per heavy atom. The SMILES string of the molecule is SCCCSCCCSCS. The molecule has 0 aliphatic heterocycles. The molecule has 0 saturated carbocycles. The number of hydrogen-bond acceptors (Lipinski definition) is 4. The van der Waals surface area contributed by atoms with Gasteiger partial charge in [-0.1, -0.05) is 0 Å². The molecule has 0 aliphatic carbocycles. The van der Waals surface area contributed by atoms with Crippen molar-refractivity contribution in [2.24, 2.45) is 0 Å². The van der Waals surface area contributed by atoms with E-state index < -0.39 is 0 Å². The fraction of sp³-hybridized carbons (Fsp3) is 1.00. The maximum absolute atomic E-state index is 4.15. The molecule has 0 radical (unpaired) electrons. The van der Waals surface area contributed by atoms with Crippen LogP contribution < -0.4 is 0 Å². The van der Waals surface area contributed by atoms with Gasteiger partial charge >= 0.3 is 0 Å². The summed E-state index contributed by atoms with van der Waals surface area (Å²) in [5, 5.41) is 0.960. The first-order chi connectivity index (χ1) is 5.41. The van der Waals surface area contributed by atoms with Crippen molar-refractivity contribution < 1.29 is 0 Å². The number of hydrogen-bond donors (Lipinski definition) is 2. The molecule has 0 rings (SSSR count). The van der Waals surface area contributed by atoms with Crippen molar-refractivity contribution in [3.8, 4) is 0 Å². The van der Waals surface area contributed by atoms with Crippen molar-refractivity contribution in [1.82, 2.24) is 0 Å². The van der Waals surface area contributed by atoms with Crippen LogP contribution in [-0.4, -0.2) is 28.1 Å². The van der Waals surface area contributed by atoms with Gasteiger partial charge < -0.3 is 0 Å². The van der Waals surface area contributed by atoms with Crippen LogP contribution in [0.25, 0.3) is 0 Å². The Balaban J connectivity index is 2.69.